The molecule has 0 heterocycles. The van der Waals surface area contributed by atoms with Crippen molar-refractivity contribution < 1.29 is 8.42 Å². The second-order valence-electron chi connectivity index (χ2n) is 5.28. The summed E-state index contributed by atoms with van der Waals surface area (Å²) in [5, 5.41) is 0. The molecule has 0 radical (unpaired) electrons. The summed E-state index contributed by atoms with van der Waals surface area (Å²) >= 11 is 0. The molecule has 2 aliphatic carbocycles. The lowest BCUT2D eigenvalue weighted by atomic mass is 9.79. The predicted octanol–water partition coefficient (Wildman–Crippen LogP) is 0.338. The van der Waals surface area contributed by atoms with Crippen LogP contribution in [0.1, 0.15) is 38.5 Å². The van der Waals surface area contributed by atoms with Crippen LogP contribution >= 0.6 is 0 Å². The van der Waals surface area contributed by atoms with Gasteiger partial charge in [0.2, 0.25) is 0 Å². The molecule has 0 saturated heterocycles. The van der Waals surface area contributed by atoms with Crippen LogP contribution in [0, 0.1) is 11.8 Å². The van der Waals surface area contributed by atoms with Crippen LogP contribution in [0.25, 0.3) is 0 Å². The van der Waals surface area contributed by atoms with Gasteiger partial charge in [-0.15, -0.1) is 0 Å². The van der Waals surface area contributed by atoms with Gasteiger partial charge in [-0.2, -0.15) is 13.1 Å². The molecule has 2 unspecified atom stereocenters. The first-order valence-electron chi connectivity index (χ1n) is 6.57. The highest BCUT2D eigenvalue weighted by molar-refractivity contribution is 7.87. The molecule has 0 aromatic heterocycles. The normalized spacial score (nSPS) is 30.4. The summed E-state index contributed by atoms with van der Waals surface area (Å²) in [5.41, 5.74) is 5.73. The van der Waals surface area contributed by atoms with E-state index in [9.17, 15) is 8.42 Å². The Kier molecular flexibility index (Phi) is 4.41. The van der Waals surface area contributed by atoms with Gasteiger partial charge in [0.25, 0.3) is 10.2 Å². The Morgan fingerprint density at radius 3 is 2.29 bits per heavy atom. The smallest absolute Gasteiger partial charge is 0.277 e. The molecular formula is C11H23N3O2S. The molecule has 2 saturated carbocycles. The summed E-state index contributed by atoms with van der Waals surface area (Å²) in [6, 6.07) is 0.171. The van der Waals surface area contributed by atoms with Crippen molar-refractivity contribution >= 4 is 10.2 Å². The van der Waals surface area contributed by atoms with Crippen molar-refractivity contribution in [2.75, 3.05) is 13.1 Å². The zero-order valence-corrected chi connectivity index (χ0v) is 11.0. The maximum absolute atomic E-state index is 11.7. The van der Waals surface area contributed by atoms with E-state index >= 15 is 0 Å². The van der Waals surface area contributed by atoms with Crippen molar-refractivity contribution in [3.05, 3.63) is 0 Å². The van der Waals surface area contributed by atoms with Gasteiger partial charge in [-0.25, -0.2) is 4.72 Å². The standard InChI is InChI=1S/C11H23N3O2S/c12-7-9-3-1-2-4-10(9)8-13-17(15,16)14-11-5-6-11/h9-11,13-14H,1-8,12H2. The van der Waals surface area contributed by atoms with E-state index in [-0.39, 0.29) is 6.04 Å². The van der Waals surface area contributed by atoms with Crippen LogP contribution in [0.3, 0.4) is 0 Å². The fraction of sp³-hybridized carbons (Fsp3) is 1.00. The van der Waals surface area contributed by atoms with Crippen LogP contribution in [-0.4, -0.2) is 27.5 Å². The van der Waals surface area contributed by atoms with Crippen molar-refractivity contribution in [2.45, 2.75) is 44.6 Å². The van der Waals surface area contributed by atoms with Crippen molar-refractivity contribution in [1.82, 2.24) is 9.44 Å². The van der Waals surface area contributed by atoms with Gasteiger partial charge >= 0.3 is 0 Å². The highest BCUT2D eigenvalue weighted by Crippen LogP contribution is 2.28. The molecule has 0 amide bonds. The minimum atomic E-state index is -3.29. The number of nitrogens with one attached hydrogen (secondary N) is 2. The minimum absolute atomic E-state index is 0.171. The third kappa shape index (κ3) is 4.21. The molecular weight excluding hydrogens is 238 g/mol. The molecule has 4 N–H and O–H groups in total. The van der Waals surface area contributed by atoms with Crippen LogP contribution < -0.4 is 15.2 Å². The quantitative estimate of drug-likeness (QED) is 0.644. The Balaban J connectivity index is 1.79. The van der Waals surface area contributed by atoms with E-state index in [0.29, 0.717) is 24.9 Å². The van der Waals surface area contributed by atoms with Crippen LogP contribution in [0.2, 0.25) is 0 Å². The molecule has 6 heteroatoms. The Labute approximate surface area is 104 Å². The summed E-state index contributed by atoms with van der Waals surface area (Å²) in [6.45, 7) is 1.20. The molecule has 2 atom stereocenters. The first kappa shape index (κ1) is 13.3. The predicted molar refractivity (Wildman–Crippen MR) is 67.6 cm³/mol. The molecule has 17 heavy (non-hydrogen) atoms. The summed E-state index contributed by atoms with van der Waals surface area (Å²) in [4.78, 5) is 0. The zero-order valence-electron chi connectivity index (χ0n) is 10.2. The lowest BCUT2D eigenvalue weighted by molar-refractivity contribution is 0.244. The summed E-state index contributed by atoms with van der Waals surface area (Å²) in [5.74, 6) is 0.886. The second kappa shape index (κ2) is 5.65. The first-order chi connectivity index (χ1) is 8.11. The number of hydrogen-bond acceptors (Lipinski definition) is 3. The van der Waals surface area contributed by atoms with E-state index in [1.807, 2.05) is 0 Å². The maximum Gasteiger partial charge on any atom is 0.277 e. The van der Waals surface area contributed by atoms with Crippen LogP contribution in [0.4, 0.5) is 0 Å². The minimum Gasteiger partial charge on any atom is -0.330 e. The van der Waals surface area contributed by atoms with Crippen LogP contribution in [-0.2, 0) is 10.2 Å². The third-order valence-electron chi connectivity index (χ3n) is 3.80. The lowest BCUT2D eigenvalue weighted by Gasteiger charge is -2.30. The Morgan fingerprint density at radius 2 is 1.71 bits per heavy atom. The molecule has 5 nitrogen and oxygen atoms in total. The van der Waals surface area contributed by atoms with Gasteiger partial charge in [-0.05, 0) is 44.1 Å². The molecule has 0 aliphatic heterocycles. The van der Waals surface area contributed by atoms with Crippen molar-refractivity contribution in [1.29, 1.82) is 0 Å². The largest absolute Gasteiger partial charge is 0.330 e. The average Bonchev–Trinajstić information content (AvgIpc) is 3.10. The van der Waals surface area contributed by atoms with Gasteiger partial charge in [0.15, 0.2) is 0 Å². The summed E-state index contributed by atoms with van der Waals surface area (Å²) in [7, 11) is -3.29. The zero-order chi connectivity index (χ0) is 12.3. The van der Waals surface area contributed by atoms with Gasteiger partial charge < -0.3 is 5.73 Å². The fourth-order valence-electron chi connectivity index (χ4n) is 2.54. The van der Waals surface area contributed by atoms with Crippen molar-refractivity contribution in [2.24, 2.45) is 17.6 Å². The van der Waals surface area contributed by atoms with Crippen LogP contribution in [0.15, 0.2) is 0 Å². The fourth-order valence-corrected chi connectivity index (χ4v) is 3.73. The van der Waals surface area contributed by atoms with Gasteiger partial charge in [0.05, 0.1) is 0 Å². The molecule has 0 aromatic rings. The first-order valence-corrected chi connectivity index (χ1v) is 8.06. The van der Waals surface area contributed by atoms with E-state index in [2.05, 4.69) is 9.44 Å². The highest BCUT2D eigenvalue weighted by atomic mass is 32.2. The van der Waals surface area contributed by atoms with Gasteiger partial charge in [0, 0.05) is 12.6 Å². The average molecular weight is 261 g/mol. The van der Waals surface area contributed by atoms with Crippen molar-refractivity contribution in [3.8, 4) is 0 Å². The molecule has 100 valence electrons. The maximum atomic E-state index is 11.7. The highest BCUT2D eigenvalue weighted by Gasteiger charge is 2.29. The Hall–Kier alpha value is -0.170. The summed E-state index contributed by atoms with van der Waals surface area (Å²) in [6.07, 6.45) is 6.59. The Morgan fingerprint density at radius 1 is 1.06 bits per heavy atom. The Bertz CT molecular complexity index is 341. The number of rotatable bonds is 6. The molecule has 0 aromatic carbocycles. The lowest BCUT2D eigenvalue weighted by Crippen LogP contribution is -2.42. The van der Waals surface area contributed by atoms with Gasteiger partial charge in [-0.3, -0.25) is 0 Å². The molecule has 2 aliphatic rings. The molecule has 0 spiro atoms. The molecule has 2 fully saturated rings. The van der Waals surface area contributed by atoms with E-state index in [1.54, 1.807) is 0 Å². The van der Waals surface area contributed by atoms with Gasteiger partial charge in [-0.1, -0.05) is 12.8 Å². The topological polar surface area (TPSA) is 84.2 Å². The second-order valence-corrected chi connectivity index (χ2v) is 6.82. The van der Waals surface area contributed by atoms with E-state index < -0.39 is 10.2 Å². The number of nitrogens with two attached hydrogens (primary N) is 1. The molecule has 2 rings (SSSR count). The summed E-state index contributed by atoms with van der Waals surface area (Å²) < 4.78 is 28.6. The van der Waals surface area contributed by atoms with E-state index in [1.165, 1.54) is 12.8 Å². The molecule has 0 bridgehead atoms. The SMILES string of the molecule is NCC1CCCCC1CNS(=O)(=O)NC1CC1. The van der Waals surface area contributed by atoms with Crippen molar-refractivity contribution in [3.63, 3.8) is 0 Å². The van der Waals surface area contributed by atoms with Crippen LogP contribution in [0.5, 0.6) is 0 Å². The van der Waals surface area contributed by atoms with E-state index in [0.717, 1.165) is 25.7 Å². The van der Waals surface area contributed by atoms with E-state index in [4.69, 9.17) is 5.73 Å². The monoisotopic (exact) mass is 261 g/mol. The van der Waals surface area contributed by atoms with Gasteiger partial charge in [0.1, 0.15) is 0 Å². The third-order valence-corrected chi connectivity index (χ3v) is 4.99. The number of hydrogen-bond donors (Lipinski definition) is 3.